The van der Waals surface area contributed by atoms with Gasteiger partial charge in [0.1, 0.15) is 0 Å². The van der Waals surface area contributed by atoms with Crippen LogP contribution in [-0.4, -0.2) is 35.2 Å². The van der Waals surface area contributed by atoms with Crippen LogP contribution in [0.5, 0.6) is 0 Å². The lowest BCUT2D eigenvalue weighted by molar-refractivity contribution is -0.156. The van der Waals surface area contributed by atoms with Crippen LogP contribution in [-0.2, 0) is 23.9 Å². The normalized spacial score (nSPS) is 13.7. The van der Waals surface area contributed by atoms with Gasteiger partial charge in [0.05, 0.1) is 12.2 Å². The van der Waals surface area contributed by atoms with Crippen molar-refractivity contribution in [1.82, 2.24) is 0 Å². The van der Waals surface area contributed by atoms with Crippen molar-refractivity contribution >= 4 is 17.9 Å². The molecule has 0 heterocycles. The minimum Gasteiger partial charge on any atom is -0.463 e. The molecular formula is C34H60O6. The molecule has 2 atom stereocenters. The van der Waals surface area contributed by atoms with Gasteiger partial charge >= 0.3 is 17.9 Å². The molecule has 0 aromatic carbocycles. The van der Waals surface area contributed by atoms with Gasteiger partial charge in [-0.15, -0.1) is 0 Å². The van der Waals surface area contributed by atoms with Crippen LogP contribution in [0, 0.1) is 0 Å². The summed E-state index contributed by atoms with van der Waals surface area (Å²) in [4.78, 5) is 30.4. The number of aliphatic hydroxyl groups is 1. The fourth-order valence-corrected chi connectivity index (χ4v) is 3.27. The first-order chi connectivity index (χ1) is 18.6. The Morgan fingerprint density at radius 2 is 0.975 bits per heavy atom. The van der Waals surface area contributed by atoms with E-state index in [0.29, 0.717) is 0 Å². The number of ether oxygens (including phenoxy) is 2. The lowest BCUT2D eigenvalue weighted by atomic mass is 10.1. The van der Waals surface area contributed by atoms with Gasteiger partial charge in [-0.2, -0.15) is 0 Å². The van der Waals surface area contributed by atoms with Crippen LogP contribution < -0.4 is 0 Å². The summed E-state index contributed by atoms with van der Waals surface area (Å²) in [6, 6.07) is 0. The first kappa shape index (κ1) is 42.0. The Morgan fingerprint density at radius 3 is 1.27 bits per heavy atom. The van der Waals surface area contributed by atoms with Crippen LogP contribution in [0.2, 0.25) is 0 Å². The molecule has 0 amide bonds. The molecule has 0 bridgehead atoms. The molecule has 0 saturated carbocycles. The Hall–Kier alpha value is -2.47. The Bertz CT molecular complexity index is 802. The maximum Gasteiger partial charge on any atom is 0.310 e. The molecule has 0 aliphatic heterocycles. The van der Waals surface area contributed by atoms with Crippen molar-refractivity contribution in [2.24, 2.45) is 0 Å². The molecule has 232 valence electrons. The molecular weight excluding hydrogens is 504 g/mol. The molecule has 6 nitrogen and oxygen atoms in total. The van der Waals surface area contributed by atoms with Crippen LogP contribution in [0.3, 0.4) is 0 Å². The maximum absolute atomic E-state index is 10.7. The summed E-state index contributed by atoms with van der Waals surface area (Å²) in [5, 5.41) is 9.11. The van der Waals surface area contributed by atoms with Crippen LogP contribution in [0.1, 0.15) is 140 Å². The van der Waals surface area contributed by atoms with Gasteiger partial charge < -0.3 is 14.6 Å². The topological polar surface area (TPSA) is 89.9 Å². The first-order valence-corrected chi connectivity index (χ1v) is 14.8. The molecule has 1 N–H and O–H groups in total. The lowest BCUT2D eigenvalue weighted by Gasteiger charge is -2.10. The summed E-state index contributed by atoms with van der Waals surface area (Å²) in [5.74, 6) is -1.32. The molecule has 0 saturated heterocycles. The predicted octanol–water partition coefficient (Wildman–Crippen LogP) is 9.13. The largest absolute Gasteiger partial charge is 0.463 e. The van der Waals surface area contributed by atoms with Crippen molar-refractivity contribution in [3.05, 3.63) is 46.6 Å². The van der Waals surface area contributed by atoms with E-state index >= 15 is 0 Å². The molecule has 0 fully saturated rings. The standard InChI is InChI=1S/C16H28O2.C14H26O.C4H6O3/c1-6-13(2)9-7-10-14(3)11-8-12-15(4)18-16(5)17;1-5-12(2)8-6-9-13(3)10-7-11-14(4)15;1-3(5)7-4(2)6/h9,11,15H,6-8,10,12H2,1-5H3;8,10,14-15H,5-7,9,11H2,1-4H3;1-2H3/b13-9+,14-11+;12-8+,13-10+;. The number of esters is 3. The summed E-state index contributed by atoms with van der Waals surface area (Å²) < 4.78 is 9.05. The van der Waals surface area contributed by atoms with Gasteiger partial charge in [-0.1, -0.05) is 60.4 Å². The average molecular weight is 565 g/mol. The summed E-state index contributed by atoms with van der Waals surface area (Å²) in [6.45, 7) is 20.7. The van der Waals surface area contributed by atoms with Gasteiger partial charge in [-0.25, -0.2) is 0 Å². The van der Waals surface area contributed by atoms with E-state index in [9.17, 15) is 14.4 Å². The fraction of sp³-hybridized carbons (Fsp3) is 0.676. The number of carbonyl (C=O) groups excluding carboxylic acids is 3. The van der Waals surface area contributed by atoms with E-state index in [1.54, 1.807) is 0 Å². The van der Waals surface area contributed by atoms with E-state index in [2.05, 4.69) is 70.6 Å². The van der Waals surface area contributed by atoms with E-state index in [-0.39, 0.29) is 18.2 Å². The second kappa shape index (κ2) is 28.1. The SMILES string of the molecule is CC(=O)OC(C)=O.CC/C(C)=C/CC/C(C)=C/CCC(C)O.CC/C(C)=C/CC/C(C)=C/CCC(C)OC(C)=O. The van der Waals surface area contributed by atoms with Gasteiger partial charge in [-0.3, -0.25) is 14.4 Å². The molecule has 2 unspecified atom stereocenters. The van der Waals surface area contributed by atoms with Crippen LogP contribution in [0.4, 0.5) is 0 Å². The lowest BCUT2D eigenvalue weighted by Crippen LogP contribution is -2.11. The summed E-state index contributed by atoms with van der Waals surface area (Å²) in [5.41, 5.74) is 5.80. The maximum atomic E-state index is 10.7. The third-order valence-electron chi connectivity index (χ3n) is 5.98. The molecule has 0 aliphatic rings. The van der Waals surface area contributed by atoms with Gasteiger partial charge in [0, 0.05) is 20.8 Å². The Labute approximate surface area is 246 Å². The zero-order valence-corrected chi connectivity index (χ0v) is 27.5. The minimum atomic E-state index is -0.562. The number of rotatable bonds is 15. The monoisotopic (exact) mass is 564 g/mol. The highest BCUT2D eigenvalue weighted by atomic mass is 16.6. The van der Waals surface area contributed by atoms with Crippen molar-refractivity contribution in [3.8, 4) is 0 Å². The molecule has 6 heteroatoms. The van der Waals surface area contributed by atoms with Gasteiger partial charge in [0.15, 0.2) is 0 Å². The second-order valence-electron chi connectivity index (χ2n) is 10.5. The summed E-state index contributed by atoms with van der Waals surface area (Å²) in [6.07, 6.45) is 19.6. The molecule has 0 aromatic rings. The van der Waals surface area contributed by atoms with E-state index in [0.717, 1.165) is 64.2 Å². The second-order valence-corrected chi connectivity index (χ2v) is 10.5. The average Bonchev–Trinajstić information content (AvgIpc) is 2.83. The smallest absolute Gasteiger partial charge is 0.310 e. The highest BCUT2D eigenvalue weighted by Gasteiger charge is 2.03. The van der Waals surface area contributed by atoms with Gasteiger partial charge in [0.2, 0.25) is 0 Å². The molecule has 0 aliphatic carbocycles. The van der Waals surface area contributed by atoms with Gasteiger partial charge in [0.25, 0.3) is 0 Å². The fourth-order valence-electron chi connectivity index (χ4n) is 3.27. The minimum absolute atomic E-state index is 0.0220. The highest BCUT2D eigenvalue weighted by Crippen LogP contribution is 2.12. The van der Waals surface area contributed by atoms with Crippen LogP contribution in [0.25, 0.3) is 0 Å². The zero-order valence-electron chi connectivity index (χ0n) is 27.5. The van der Waals surface area contributed by atoms with Crippen molar-refractivity contribution < 1.29 is 29.0 Å². The van der Waals surface area contributed by atoms with E-state index in [1.807, 2.05) is 13.8 Å². The number of allylic oxidation sites excluding steroid dienone is 8. The number of hydrogen-bond acceptors (Lipinski definition) is 6. The molecule has 0 radical (unpaired) electrons. The zero-order chi connectivity index (χ0) is 31.5. The third kappa shape index (κ3) is 37.7. The van der Waals surface area contributed by atoms with Crippen molar-refractivity contribution in [1.29, 1.82) is 0 Å². The van der Waals surface area contributed by atoms with E-state index < -0.39 is 11.9 Å². The molecule has 40 heavy (non-hydrogen) atoms. The Kier molecular flexibility index (Phi) is 29.5. The van der Waals surface area contributed by atoms with E-state index in [1.165, 1.54) is 43.1 Å². The predicted molar refractivity (Wildman–Crippen MR) is 168 cm³/mol. The number of hydrogen-bond donors (Lipinski definition) is 1. The van der Waals surface area contributed by atoms with E-state index in [4.69, 9.17) is 9.84 Å². The van der Waals surface area contributed by atoms with Crippen molar-refractivity contribution in [3.63, 3.8) is 0 Å². The van der Waals surface area contributed by atoms with Crippen LogP contribution in [0.15, 0.2) is 46.6 Å². The van der Waals surface area contributed by atoms with Gasteiger partial charge in [-0.05, 0) is 106 Å². The quantitative estimate of drug-likeness (QED) is 0.121. The van der Waals surface area contributed by atoms with Crippen molar-refractivity contribution in [2.45, 2.75) is 153 Å². The van der Waals surface area contributed by atoms with Crippen molar-refractivity contribution in [2.75, 3.05) is 0 Å². The Morgan fingerprint density at radius 1 is 0.600 bits per heavy atom. The molecule has 0 aromatic heterocycles. The Balaban J connectivity index is -0.000000560. The number of aliphatic hydroxyl groups excluding tert-OH is 1. The van der Waals surface area contributed by atoms with Crippen LogP contribution >= 0.6 is 0 Å². The summed E-state index contributed by atoms with van der Waals surface area (Å²) >= 11 is 0. The third-order valence-corrected chi connectivity index (χ3v) is 5.98. The number of carbonyl (C=O) groups is 3. The molecule has 0 spiro atoms. The first-order valence-electron chi connectivity index (χ1n) is 14.8. The highest BCUT2D eigenvalue weighted by molar-refractivity contribution is 5.82. The summed E-state index contributed by atoms with van der Waals surface area (Å²) in [7, 11) is 0. The molecule has 0 rings (SSSR count).